The van der Waals surface area contributed by atoms with Crippen molar-refractivity contribution < 1.29 is 12.8 Å². The van der Waals surface area contributed by atoms with Crippen LogP contribution in [0.5, 0.6) is 0 Å². The molecular formula is C13H20N4O3S. The van der Waals surface area contributed by atoms with Gasteiger partial charge in [0.05, 0.1) is 12.2 Å². The van der Waals surface area contributed by atoms with Crippen LogP contribution in [0.3, 0.4) is 0 Å². The first kappa shape index (κ1) is 15.7. The number of furan rings is 1. The van der Waals surface area contributed by atoms with Crippen molar-refractivity contribution in [1.82, 2.24) is 14.5 Å². The molecule has 7 nitrogen and oxygen atoms in total. The van der Waals surface area contributed by atoms with Crippen LogP contribution in [0, 0.1) is 13.8 Å². The zero-order valence-corrected chi connectivity index (χ0v) is 13.0. The maximum atomic E-state index is 12.0. The van der Waals surface area contributed by atoms with E-state index in [-0.39, 0.29) is 11.6 Å². The lowest BCUT2D eigenvalue weighted by atomic mass is 10.4. The normalized spacial score (nSPS) is 12.0. The summed E-state index contributed by atoms with van der Waals surface area (Å²) in [5, 5.41) is 4.22. The molecule has 0 aromatic carbocycles. The van der Waals surface area contributed by atoms with Gasteiger partial charge in [-0.15, -0.1) is 0 Å². The molecular weight excluding hydrogens is 292 g/mol. The van der Waals surface area contributed by atoms with Crippen molar-refractivity contribution in [2.45, 2.75) is 38.5 Å². The van der Waals surface area contributed by atoms with Gasteiger partial charge in [0.2, 0.25) is 5.09 Å². The van der Waals surface area contributed by atoms with Gasteiger partial charge in [0.25, 0.3) is 10.0 Å². The van der Waals surface area contributed by atoms with Gasteiger partial charge in [-0.25, -0.2) is 13.1 Å². The van der Waals surface area contributed by atoms with Crippen molar-refractivity contribution in [3.05, 3.63) is 35.3 Å². The molecule has 0 fully saturated rings. The van der Waals surface area contributed by atoms with E-state index >= 15 is 0 Å². The van der Waals surface area contributed by atoms with E-state index in [1.165, 1.54) is 6.07 Å². The van der Waals surface area contributed by atoms with Crippen LogP contribution in [0.2, 0.25) is 0 Å². The summed E-state index contributed by atoms with van der Waals surface area (Å²) >= 11 is 0. The van der Waals surface area contributed by atoms with Crippen LogP contribution in [0.15, 0.2) is 27.7 Å². The quantitative estimate of drug-likeness (QED) is 0.740. The van der Waals surface area contributed by atoms with Crippen LogP contribution in [-0.4, -0.2) is 24.7 Å². The van der Waals surface area contributed by atoms with E-state index in [1.54, 1.807) is 6.07 Å². The lowest BCUT2D eigenvalue weighted by Crippen LogP contribution is -2.25. The summed E-state index contributed by atoms with van der Waals surface area (Å²) in [5.41, 5.74) is 7.41. The van der Waals surface area contributed by atoms with Gasteiger partial charge >= 0.3 is 0 Å². The van der Waals surface area contributed by atoms with Crippen molar-refractivity contribution in [2.24, 2.45) is 5.73 Å². The maximum Gasteiger partial charge on any atom is 0.273 e. The SMILES string of the molecule is Cc1cc(C)n(CCCNS(=O)(=O)c2ccc(CN)o2)n1. The Labute approximate surface area is 124 Å². The molecule has 2 heterocycles. The summed E-state index contributed by atoms with van der Waals surface area (Å²) in [4.78, 5) is 0. The summed E-state index contributed by atoms with van der Waals surface area (Å²) < 4.78 is 33.5. The molecule has 0 spiro atoms. The monoisotopic (exact) mass is 312 g/mol. The first-order valence-corrected chi connectivity index (χ1v) is 8.20. The summed E-state index contributed by atoms with van der Waals surface area (Å²) in [5.74, 6) is 0.443. The summed E-state index contributed by atoms with van der Waals surface area (Å²) in [7, 11) is -3.61. The Morgan fingerprint density at radius 2 is 2.14 bits per heavy atom. The molecule has 0 unspecified atom stereocenters. The van der Waals surface area contributed by atoms with Crippen molar-refractivity contribution in [3.63, 3.8) is 0 Å². The topological polar surface area (TPSA) is 103 Å². The number of hydrogen-bond acceptors (Lipinski definition) is 5. The third-order valence-corrected chi connectivity index (χ3v) is 4.38. The number of nitrogens with one attached hydrogen (secondary N) is 1. The fourth-order valence-corrected chi connectivity index (χ4v) is 3.04. The number of aryl methyl sites for hydroxylation is 3. The zero-order valence-electron chi connectivity index (χ0n) is 12.2. The van der Waals surface area contributed by atoms with Crippen LogP contribution in [0.25, 0.3) is 0 Å². The Morgan fingerprint density at radius 1 is 1.38 bits per heavy atom. The molecule has 0 aliphatic carbocycles. The highest BCUT2D eigenvalue weighted by molar-refractivity contribution is 7.89. The Kier molecular flexibility index (Phi) is 4.81. The van der Waals surface area contributed by atoms with E-state index in [2.05, 4.69) is 9.82 Å². The predicted octanol–water partition coefficient (Wildman–Crippen LogP) is 0.920. The summed E-state index contributed by atoms with van der Waals surface area (Å²) in [6, 6.07) is 4.96. The standard InChI is InChI=1S/C13H20N4O3S/c1-10-8-11(2)17(16-10)7-3-6-15-21(18,19)13-5-4-12(9-14)20-13/h4-5,8,15H,3,6-7,9,14H2,1-2H3. The number of hydrogen-bond donors (Lipinski definition) is 2. The van der Waals surface area contributed by atoms with Crippen LogP contribution in [0.4, 0.5) is 0 Å². The molecule has 0 radical (unpaired) electrons. The van der Waals surface area contributed by atoms with Gasteiger partial charge in [0.15, 0.2) is 0 Å². The van der Waals surface area contributed by atoms with Gasteiger partial charge < -0.3 is 10.2 Å². The number of nitrogens with zero attached hydrogens (tertiary/aromatic N) is 2. The average Bonchev–Trinajstić information content (AvgIpc) is 3.02. The smallest absolute Gasteiger partial charge is 0.273 e. The van der Waals surface area contributed by atoms with Crippen LogP contribution < -0.4 is 10.5 Å². The third-order valence-electron chi connectivity index (χ3n) is 3.05. The molecule has 116 valence electrons. The number of sulfonamides is 1. The minimum absolute atomic E-state index is 0.103. The Hall–Kier alpha value is -1.64. The lowest BCUT2D eigenvalue weighted by molar-refractivity contribution is 0.412. The highest BCUT2D eigenvalue weighted by atomic mass is 32.2. The van der Waals surface area contributed by atoms with E-state index in [0.717, 1.165) is 11.4 Å². The van der Waals surface area contributed by atoms with Gasteiger partial charge in [-0.05, 0) is 38.5 Å². The number of rotatable bonds is 7. The Morgan fingerprint density at radius 3 is 2.71 bits per heavy atom. The largest absolute Gasteiger partial charge is 0.447 e. The van der Waals surface area contributed by atoms with Crippen molar-refractivity contribution in [1.29, 1.82) is 0 Å². The van der Waals surface area contributed by atoms with E-state index in [9.17, 15) is 8.42 Å². The van der Waals surface area contributed by atoms with Crippen LogP contribution >= 0.6 is 0 Å². The molecule has 0 amide bonds. The first-order chi connectivity index (χ1) is 9.92. The molecule has 0 atom stereocenters. The minimum Gasteiger partial charge on any atom is -0.447 e. The molecule has 2 aromatic heterocycles. The molecule has 2 rings (SSSR count). The van der Waals surface area contributed by atoms with Crippen molar-refractivity contribution in [2.75, 3.05) is 6.54 Å². The van der Waals surface area contributed by atoms with E-state index in [0.29, 0.717) is 25.3 Å². The first-order valence-electron chi connectivity index (χ1n) is 6.72. The highest BCUT2D eigenvalue weighted by Gasteiger charge is 2.17. The van der Waals surface area contributed by atoms with Crippen molar-refractivity contribution >= 4 is 10.0 Å². The van der Waals surface area contributed by atoms with Crippen LogP contribution in [0.1, 0.15) is 23.6 Å². The van der Waals surface area contributed by atoms with Gasteiger partial charge in [-0.2, -0.15) is 5.10 Å². The molecule has 0 aliphatic rings. The minimum atomic E-state index is -3.61. The summed E-state index contributed by atoms with van der Waals surface area (Å²) in [6.07, 6.45) is 0.644. The molecule has 0 bridgehead atoms. The predicted molar refractivity (Wildman–Crippen MR) is 78.1 cm³/mol. The number of nitrogens with two attached hydrogens (primary N) is 1. The third kappa shape index (κ3) is 3.93. The van der Waals surface area contributed by atoms with Gasteiger partial charge in [0.1, 0.15) is 5.76 Å². The average molecular weight is 312 g/mol. The molecule has 8 heteroatoms. The van der Waals surface area contributed by atoms with Gasteiger partial charge in [-0.3, -0.25) is 4.68 Å². The Balaban J connectivity index is 1.86. The maximum absolute atomic E-state index is 12.0. The second-order valence-corrected chi connectivity index (χ2v) is 6.52. The van der Waals surface area contributed by atoms with E-state index in [1.807, 2.05) is 24.6 Å². The van der Waals surface area contributed by atoms with Gasteiger partial charge in [-0.1, -0.05) is 0 Å². The van der Waals surface area contributed by atoms with Crippen molar-refractivity contribution in [3.8, 4) is 0 Å². The fraction of sp³-hybridized carbons (Fsp3) is 0.462. The zero-order chi connectivity index (χ0) is 15.5. The molecule has 0 aliphatic heterocycles. The lowest BCUT2D eigenvalue weighted by Gasteiger charge is -2.06. The molecule has 0 saturated heterocycles. The second kappa shape index (κ2) is 6.42. The summed E-state index contributed by atoms with van der Waals surface area (Å²) in [6.45, 7) is 5.06. The van der Waals surface area contributed by atoms with Gasteiger partial charge in [0, 0.05) is 18.8 Å². The number of aromatic nitrogens is 2. The molecule has 2 aromatic rings. The molecule has 0 saturated carbocycles. The fourth-order valence-electron chi connectivity index (χ4n) is 2.02. The molecule has 21 heavy (non-hydrogen) atoms. The second-order valence-electron chi connectivity index (χ2n) is 4.83. The molecule has 3 N–H and O–H groups in total. The van der Waals surface area contributed by atoms with E-state index < -0.39 is 10.0 Å². The highest BCUT2D eigenvalue weighted by Crippen LogP contribution is 2.13. The van der Waals surface area contributed by atoms with Crippen LogP contribution in [-0.2, 0) is 23.1 Å². The Bertz CT molecular complexity index is 703. The van der Waals surface area contributed by atoms with E-state index in [4.69, 9.17) is 10.2 Å².